The van der Waals surface area contributed by atoms with E-state index in [9.17, 15) is 9.59 Å². The Morgan fingerprint density at radius 2 is 1.73 bits per heavy atom. The number of halogens is 1. The molecule has 6 nitrogen and oxygen atoms in total. The van der Waals surface area contributed by atoms with Crippen LogP contribution in [0.4, 0.5) is 4.79 Å². The maximum atomic E-state index is 12.4. The molecule has 3 fully saturated rings. The van der Waals surface area contributed by atoms with E-state index in [1.54, 1.807) is 0 Å². The Bertz CT molecular complexity index is 397. The largest absolute Gasteiger partial charge is 0.355 e. The predicted molar refractivity (Wildman–Crippen MR) is 87.1 cm³/mol. The molecule has 3 rings (SSSR count). The number of rotatable bonds is 3. The maximum absolute atomic E-state index is 12.4. The predicted octanol–water partition coefficient (Wildman–Crippen LogP) is 0.672. The van der Waals surface area contributed by atoms with Crippen LogP contribution in [0.2, 0.25) is 0 Å². The van der Waals surface area contributed by atoms with Crippen LogP contribution in [-0.2, 0) is 4.79 Å². The first-order valence-corrected chi connectivity index (χ1v) is 8.26. The van der Waals surface area contributed by atoms with Crippen LogP contribution in [-0.4, -0.2) is 67.6 Å². The molecule has 2 N–H and O–H groups in total. The number of nitrogens with zero attached hydrogens (tertiary/aromatic N) is 2. The molecular formula is C15H27ClN4O2. The number of amides is 3. The van der Waals surface area contributed by atoms with Gasteiger partial charge in [-0.3, -0.25) is 4.79 Å². The first-order valence-electron chi connectivity index (χ1n) is 8.26. The zero-order valence-electron chi connectivity index (χ0n) is 13.1. The molecule has 1 atom stereocenters. The summed E-state index contributed by atoms with van der Waals surface area (Å²) >= 11 is 0. The summed E-state index contributed by atoms with van der Waals surface area (Å²) in [5, 5.41) is 6.26. The Hall–Kier alpha value is -1.01. The minimum atomic E-state index is -0.0293. The van der Waals surface area contributed by atoms with Crippen molar-refractivity contribution in [3.05, 3.63) is 0 Å². The van der Waals surface area contributed by atoms with Gasteiger partial charge in [0.05, 0.1) is 5.92 Å². The molecule has 3 heterocycles. The molecule has 0 aliphatic carbocycles. The van der Waals surface area contributed by atoms with Crippen LogP contribution in [0.3, 0.4) is 0 Å². The number of carbonyl (C=O) groups is 2. The molecule has 0 spiro atoms. The second kappa shape index (κ2) is 8.02. The van der Waals surface area contributed by atoms with Gasteiger partial charge in [0, 0.05) is 51.7 Å². The summed E-state index contributed by atoms with van der Waals surface area (Å²) in [6.07, 6.45) is 4.05. The van der Waals surface area contributed by atoms with E-state index in [4.69, 9.17) is 0 Å². The van der Waals surface area contributed by atoms with Crippen LogP contribution in [0, 0.1) is 11.8 Å². The molecule has 3 amide bonds. The zero-order valence-corrected chi connectivity index (χ0v) is 13.9. The molecule has 3 aliphatic rings. The fourth-order valence-electron chi connectivity index (χ4n) is 3.36. The number of nitrogens with one attached hydrogen (secondary N) is 2. The SMILES string of the molecule is Cl.O=C(NCC1CNC1)C1CCCN(C(=O)N2CCCC2)C1. The van der Waals surface area contributed by atoms with Gasteiger partial charge in [-0.15, -0.1) is 12.4 Å². The summed E-state index contributed by atoms with van der Waals surface area (Å²) < 4.78 is 0. The Labute approximate surface area is 138 Å². The summed E-state index contributed by atoms with van der Waals surface area (Å²) in [7, 11) is 0. The third kappa shape index (κ3) is 4.04. The molecule has 22 heavy (non-hydrogen) atoms. The van der Waals surface area contributed by atoms with Crippen molar-refractivity contribution in [3.63, 3.8) is 0 Å². The van der Waals surface area contributed by atoms with Crippen molar-refractivity contribution in [2.45, 2.75) is 25.7 Å². The van der Waals surface area contributed by atoms with Gasteiger partial charge in [-0.2, -0.15) is 0 Å². The van der Waals surface area contributed by atoms with Crippen molar-refractivity contribution < 1.29 is 9.59 Å². The molecule has 7 heteroatoms. The van der Waals surface area contributed by atoms with Crippen LogP contribution >= 0.6 is 12.4 Å². The highest BCUT2D eigenvalue weighted by molar-refractivity contribution is 5.85. The van der Waals surface area contributed by atoms with Gasteiger partial charge in [0.15, 0.2) is 0 Å². The van der Waals surface area contributed by atoms with Crippen molar-refractivity contribution in [2.75, 3.05) is 45.8 Å². The average Bonchev–Trinajstić information content (AvgIpc) is 2.99. The van der Waals surface area contributed by atoms with E-state index in [0.717, 1.165) is 65.0 Å². The summed E-state index contributed by atoms with van der Waals surface area (Å²) in [5.41, 5.74) is 0. The first-order chi connectivity index (χ1) is 10.2. The minimum Gasteiger partial charge on any atom is -0.355 e. The highest BCUT2D eigenvalue weighted by atomic mass is 35.5. The third-order valence-corrected chi connectivity index (χ3v) is 4.87. The minimum absolute atomic E-state index is 0. The molecule has 3 aliphatic heterocycles. The summed E-state index contributed by atoms with van der Waals surface area (Å²) in [4.78, 5) is 28.5. The van der Waals surface area contributed by atoms with Crippen molar-refractivity contribution in [1.29, 1.82) is 0 Å². The second-order valence-electron chi connectivity index (χ2n) is 6.53. The normalized spacial score (nSPS) is 25.4. The molecule has 0 aromatic carbocycles. The number of urea groups is 1. The Balaban J connectivity index is 0.00000176. The van der Waals surface area contributed by atoms with E-state index in [2.05, 4.69) is 10.6 Å². The van der Waals surface area contributed by atoms with Crippen LogP contribution < -0.4 is 10.6 Å². The quantitative estimate of drug-likeness (QED) is 0.799. The summed E-state index contributed by atoms with van der Waals surface area (Å²) in [6, 6.07) is 0.133. The van der Waals surface area contributed by atoms with Crippen LogP contribution in [0.5, 0.6) is 0 Å². The highest BCUT2D eigenvalue weighted by Gasteiger charge is 2.31. The third-order valence-electron chi connectivity index (χ3n) is 4.87. The van der Waals surface area contributed by atoms with Crippen LogP contribution in [0.1, 0.15) is 25.7 Å². The second-order valence-corrected chi connectivity index (χ2v) is 6.53. The summed E-state index contributed by atoms with van der Waals surface area (Å²) in [5.74, 6) is 0.680. The lowest BCUT2D eigenvalue weighted by Crippen LogP contribution is -2.52. The van der Waals surface area contributed by atoms with E-state index in [0.29, 0.717) is 12.5 Å². The lowest BCUT2D eigenvalue weighted by molar-refractivity contribution is -0.126. The maximum Gasteiger partial charge on any atom is 0.320 e. The van der Waals surface area contributed by atoms with Crippen molar-refractivity contribution in [3.8, 4) is 0 Å². The Morgan fingerprint density at radius 3 is 2.36 bits per heavy atom. The van der Waals surface area contributed by atoms with E-state index >= 15 is 0 Å². The molecule has 1 unspecified atom stereocenters. The molecule has 0 aromatic heterocycles. The topological polar surface area (TPSA) is 64.7 Å². The van der Waals surface area contributed by atoms with E-state index in [1.807, 2.05) is 9.80 Å². The highest BCUT2D eigenvalue weighted by Crippen LogP contribution is 2.20. The number of piperidine rings is 1. The van der Waals surface area contributed by atoms with Crippen LogP contribution in [0.15, 0.2) is 0 Å². The van der Waals surface area contributed by atoms with Crippen molar-refractivity contribution in [1.82, 2.24) is 20.4 Å². The average molecular weight is 331 g/mol. The van der Waals surface area contributed by atoms with E-state index in [-0.39, 0.29) is 30.3 Å². The molecule has 3 saturated heterocycles. The lowest BCUT2D eigenvalue weighted by atomic mass is 9.96. The molecular weight excluding hydrogens is 304 g/mol. The number of likely N-dealkylation sites (tertiary alicyclic amines) is 2. The molecule has 0 radical (unpaired) electrons. The van der Waals surface area contributed by atoms with Gasteiger partial charge in [-0.25, -0.2) is 4.79 Å². The first kappa shape index (κ1) is 17.3. The van der Waals surface area contributed by atoms with Gasteiger partial charge in [-0.05, 0) is 25.7 Å². The fourth-order valence-corrected chi connectivity index (χ4v) is 3.36. The molecule has 0 bridgehead atoms. The number of hydrogen-bond donors (Lipinski definition) is 2. The lowest BCUT2D eigenvalue weighted by Gasteiger charge is -2.35. The molecule has 0 aromatic rings. The van der Waals surface area contributed by atoms with Gasteiger partial charge in [0.1, 0.15) is 0 Å². The Morgan fingerprint density at radius 1 is 1.05 bits per heavy atom. The zero-order chi connectivity index (χ0) is 14.7. The van der Waals surface area contributed by atoms with Crippen molar-refractivity contribution in [2.24, 2.45) is 11.8 Å². The van der Waals surface area contributed by atoms with E-state index in [1.165, 1.54) is 0 Å². The monoisotopic (exact) mass is 330 g/mol. The van der Waals surface area contributed by atoms with E-state index < -0.39 is 0 Å². The van der Waals surface area contributed by atoms with Gasteiger partial charge < -0.3 is 20.4 Å². The van der Waals surface area contributed by atoms with Gasteiger partial charge in [-0.1, -0.05) is 0 Å². The van der Waals surface area contributed by atoms with Gasteiger partial charge in [0.2, 0.25) is 5.91 Å². The molecule has 0 saturated carbocycles. The Kier molecular flexibility index (Phi) is 6.32. The number of carbonyl (C=O) groups excluding carboxylic acids is 2. The van der Waals surface area contributed by atoms with Gasteiger partial charge >= 0.3 is 6.03 Å². The van der Waals surface area contributed by atoms with Crippen LogP contribution in [0.25, 0.3) is 0 Å². The fraction of sp³-hybridized carbons (Fsp3) is 0.867. The summed E-state index contributed by atoms with van der Waals surface area (Å²) in [6.45, 7) is 5.91. The molecule has 126 valence electrons. The van der Waals surface area contributed by atoms with Gasteiger partial charge in [0.25, 0.3) is 0 Å². The smallest absolute Gasteiger partial charge is 0.320 e. The standard InChI is InChI=1S/C15H26N4O2.ClH/c20-14(17-10-12-8-16-9-12)13-4-3-7-19(11-13)15(21)18-5-1-2-6-18;/h12-13,16H,1-11H2,(H,17,20);1H. The van der Waals surface area contributed by atoms with Crippen molar-refractivity contribution >= 4 is 24.3 Å². The number of hydrogen-bond acceptors (Lipinski definition) is 3.